The highest BCUT2D eigenvalue weighted by Crippen LogP contribution is 2.37. The van der Waals surface area contributed by atoms with Gasteiger partial charge in [-0.2, -0.15) is 0 Å². The van der Waals surface area contributed by atoms with Crippen LogP contribution in [0.2, 0.25) is 5.02 Å². The first-order valence-corrected chi connectivity index (χ1v) is 6.95. The molecule has 6 heteroatoms. The molecule has 110 valence electrons. The van der Waals surface area contributed by atoms with E-state index >= 15 is 0 Å². The minimum Gasteiger partial charge on any atom is -0.380 e. The maximum atomic E-state index is 11.4. The van der Waals surface area contributed by atoms with Gasteiger partial charge in [0.1, 0.15) is 11.4 Å². The van der Waals surface area contributed by atoms with Gasteiger partial charge in [0.05, 0.1) is 15.6 Å². The number of anilines is 3. The number of rotatable bonds is 5. The Bertz CT molecular complexity index is 654. The van der Waals surface area contributed by atoms with Crippen molar-refractivity contribution in [3.63, 3.8) is 0 Å². The number of hydrogen-bond acceptors (Lipinski definition) is 4. The van der Waals surface area contributed by atoms with Gasteiger partial charge in [0.25, 0.3) is 0 Å². The molecule has 0 aliphatic rings. The molecule has 0 saturated carbocycles. The molecule has 2 aromatic carbocycles. The van der Waals surface area contributed by atoms with Crippen LogP contribution in [0.25, 0.3) is 0 Å². The van der Waals surface area contributed by atoms with Gasteiger partial charge in [0.2, 0.25) is 0 Å². The van der Waals surface area contributed by atoms with Crippen molar-refractivity contribution in [2.45, 2.75) is 13.8 Å². The monoisotopic (exact) mass is 305 g/mol. The van der Waals surface area contributed by atoms with E-state index in [1.807, 2.05) is 26.0 Å². The second kappa shape index (κ2) is 6.45. The lowest BCUT2D eigenvalue weighted by Gasteiger charge is -2.13. The Hall–Kier alpha value is -2.27. The quantitative estimate of drug-likeness (QED) is 0.619. The molecule has 0 unspecified atom stereocenters. The number of hydrogen-bond donors (Lipinski definition) is 2. The topological polar surface area (TPSA) is 67.2 Å². The molecule has 21 heavy (non-hydrogen) atoms. The summed E-state index contributed by atoms with van der Waals surface area (Å²) >= 11 is 6.16. The molecule has 0 spiro atoms. The summed E-state index contributed by atoms with van der Waals surface area (Å²) in [5.74, 6) is 0. The van der Waals surface area contributed by atoms with Crippen LogP contribution in [0.5, 0.6) is 0 Å². The SMILES string of the molecule is CCNc1cccc(Nc2c(C)cccc2Cl)c1[N+](=O)[O-]. The highest BCUT2D eigenvalue weighted by atomic mass is 35.5. The van der Waals surface area contributed by atoms with Crippen molar-refractivity contribution in [3.05, 3.63) is 57.1 Å². The van der Waals surface area contributed by atoms with Crippen LogP contribution in [0.1, 0.15) is 12.5 Å². The van der Waals surface area contributed by atoms with E-state index in [2.05, 4.69) is 10.6 Å². The molecule has 0 saturated heterocycles. The number of benzene rings is 2. The van der Waals surface area contributed by atoms with Crippen molar-refractivity contribution in [3.8, 4) is 0 Å². The molecule has 0 bridgehead atoms. The molecule has 2 N–H and O–H groups in total. The maximum absolute atomic E-state index is 11.4. The first-order chi connectivity index (χ1) is 10.0. The molecule has 5 nitrogen and oxygen atoms in total. The Morgan fingerprint density at radius 2 is 1.86 bits per heavy atom. The number of nitrogens with one attached hydrogen (secondary N) is 2. The number of nitro benzene ring substituents is 1. The summed E-state index contributed by atoms with van der Waals surface area (Å²) in [6, 6.07) is 10.6. The molecule has 0 aliphatic heterocycles. The van der Waals surface area contributed by atoms with Gasteiger partial charge in [0.15, 0.2) is 0 Å². The lowest BCUT2D eigenvalue weighted by Crippen LogP contribution is -2.04. The Morgan fingerprint density at radius 1 is 1.19 bits per heavy atom. The molecule has 0 atom stereocenters. The van der Waals surface area contributed by atoms with Crippen LogP contribution in [0.15, 0.2) is 36.4 Å². The molecule has 2 aromatic rings. The highest BCUT2D eigenvalue weighted by molar-refractivity contribution is 6.33. The first-order valence-electron chi connectivity index (χ1n) is 6.58. The lowest BCUT2D eigenvalue weighted by molar-refractivity contribution is -0.383. The fourth-order valence-corrected chi connectivity index (χ4v) is 2.37. The van der Waals surface area contributed by atoms with E-state index in [0.717, 1.165) is 5.56 Å². The summed E-state index contributed by atoms with van der Waals surface area (Å²) in [6.07, 6.45) is 0. The maximum Gasteiger partial charge on any atom is 0.315 e. The highest BCUT2D eigenvalue weighted by Gasteiger charge is 2.20. The van der Waals surface area contributed by atoms with Crippen molar-refractivity contribution in [1.29, 1.82) is 0 Å². The lowest BCUT2D eigenvalue weighted by atomic mass is 10.1. The van der Waals surface area contributed by atoms with Crippen molar-refractivity contribution in [2.75, 3.05) is 17.2 Å². The summed E-state index contributed by atoms with van der Waals surface area (Å²) < 4.78 is 0. The summed E-state index contributed by atoms with van der Waals surface area (Å²) in [4.78, 5) is 11.0. The van der Waals surface area contributed by atoms with Gasteiger partial charge in [0, 0.05) is 6.54 Å². The van der Waals surface area contributed by atoms with Gasteiger partial charge >= 0.3 is 5.69 Å². The number of nitro groups is 1. The average Bonchev–Trinajstić information content (AvgIpc) is 2.43. The van der Waals surface area contributed by atoms with Gasteiger partial charge in [-0.3, -0.25) is 10.1 Å². The number of para-hydroxylation sites is 2. The third kappa shape index (κ3) is 3.25. The predicted molar refractivity (Wildman–Crippen MR) is 86.7 cm³/mol. The average molecular weight is 306 g/mol. The fraction of sp³-hybridized carbons (Fsp3) is 0.200. The molecule has 0 radical (unpaired) electrons. The summed E-state index contributed by atoms with van der Waals surface area (Å²) in [6.45, 7) is 4.39. The van der Waals surface area contributed by atoms with Crippen molar-refractivity contribution in [2.24, 2.45) is 0 Å². The molecule has 0 amide bonds. The minimum atomic E-state index is -0.396. The molecular formula is C15H16ClN3O2. The molecule has 0 heterocycles. The second-order valence-corrected chi connectivity index (χ2v) is 4.95. The normalized spacial score (nSPS) is 10.2. The zero-order valence-electron chi connectivity index (χ0n) is 11.8. The van der Waals surface area contributed by atoms with Crippen molar-refractivity contribution in [1.82, 2.24) is 0 Å². The first kappa shape index (κ1) is 15.1. The molecule has 0 aromatic heterocycles. The van der Waals surface area contributed by atoms with E-state index in [0.29, 0.717) is 28.6 Å². The fourth-order valence-electron chi connectivity index (χ4n) is 2.10. The number of aryl methyl sites for hydroxylation is 1. The summed E-state index contributed by atoms with van der Waals surface area (Å²) in [5, 5.41) is 18.0. The van der Waals surface area contributed by atoms with E-state index in [1.165, 1.54) is 0 Å². The third-order valence-corrected chi connectivity index (χ3v) is 3.38. The van der Waals surface area contributed by atoms with Crippen LogP contribution in [0, 0.1) is 17.0 Å². The zero-order chi connectivity index (χ0) is 15.4. The van der Waals surface area contributed by atoms with Crippen LogP contribution < -0.4 is 10.6 Å². The Balaban J connectivity index is 2.49. The molecule has 0 fully saturated rings. The van der Waals surface area contributed by atoms with Crippen LogP contribution in [-0.2, 0) is 0 Å². The smallest absolute Gasteiger partial charge is 0.315 e. The summed E-state index contributed by atoms with van der Waals surface area (Å²) in [7, 11) is 0. The van der Waals surface area contributed by atoms with E-state index in [4.69, 9.17) is 11.6 Å². The Labute approximate surface area is 128 Å². The Kier molecular flexibility index (Phi) is 4.65. The van der Waals surface area contributed by atoms with E-state index < -0.39 is 4.92 Å². The van der Waals surface area contributed by atoms with Crippen LogP contribution in [-0.4, -0.2) is 11.5 Å². The van der Waals surface area contributed by atoms with Gasteiger partial charge in [-0.05, 0) is 37.6 Å². The van der Waals surface area contributed by atoms with E-state index in [-0.39, 0.29) is 5.69 Å². The van der Waals surface area contributed by atoms with Gasteiger partial charge < -0.3 is 10.6 Å². The largest absolute Gasteiger partial charge is 0.380 e. The number of nitrogens with zero attached hydrogens (tertiary/aromatic N) is 1. The van der Waals surface area contributed by atoms with Gasteiger partial charge in [-0.25, -0.2) is 0 Å². The molecule has 0 aliphatic carbocycles. The van der Waals surface area contributed by atoms with Crippen molar-refractivity contribution < 1.29 is 4.92 Å². The molecule has 2 rings (SSSR count). The molecular weight excluding hydrogens is 290 g/mol. The zero-order valence-corrected chi connectivity index (χ0v) is 12.6. The third-order valence-electron chi connectivity index (χ3n) is 3.07. The van der Waals surface area contributed by atoms with E-state index in [1.54, 1.807) is 24.3 Å². The minimum absolute atomic E-state index is 0.0127. The van der Waals surface area contributed by atoms with Crippen LogP contribution in [0.3, 0.4) is 0 Å². The van der Waals surface area contributed by atoms with Gasteiger partial charge in [-0.15, -0.1) is 0 Å². The number of halogens is 1. The Morgan fingerprint density at radius 3 is 2.48 bits per heavy atom. The van der Waals surface area contributed by atoms with Gasteiger partial charge in [-0.1, -0.05) is 29.8 Å². The van der Waals surface area contributed by atoms with E-state index in [9.17, 15) is 10.1 Å². The second-order valence-electron chi connectivity index (χ2n) is 4.55. The van der Waals surface area contributed by atoms with Crippen LogP contribution in [0.4, 0.5) is 22.7 Å². The van der Waals surface area contributed by atoms with Crippen LogP contribution >= 0.6 is 11.6 Å². The van der Waals surface area contributed by atoms with Crippen molar-refractivity contribution >= 4 is 34.4 Å². The standard InChI is InChI=1S/C15H16ClN3O2/c1-3-17-12-8-5-9-13(15(12)19(20)21)18-14-10(2)6-4-7-11(14)16/h4-9,17-18H,3H2,1-2H3. The predicted octanol–water partition coefficient (Wildman–Crippen LogP) is 4.73. The summed E-state index contributed by atoms with van der Waals surface area (Å²) in [5.41, 5.74) is 2.51.